The van der Waals surface area contributed by atoms with Crippen molar-refractivity contribution in [1.29, 1.82) is 0 Å². The zero-order chi connectivity index (χ0) is 17.9. The van der Waals surface area contributed by atoms with Gasteiger partial charge in [-0.3, -0.25) is 9.36 Å². The number of piperidine rings is 1. The van der Waals surface area contributed by atoms with Gasteiger partial charge in [-0.15, -0.1) is 0 Å². The minimum absolute atomic E-state index is 0.0215. The van der Waals surface area contributed by atoms with Crippen LogP contribution in [0.2, 0.25) is 0 Å². The van der Waals surface area contributed by atoms with Crippen molar-refractivity contribution in [1.82, 2.24) is 19.7 Å². The molecule has 2 saturated heterocycles. The Kier molecular flexibility index (Phi) is 4.88. The normalized spacial score (nSPS) is 21.2. The van der Waals surface area contributed by atoms with Gasteiger partial charge in [0.2, 0.25) is 5.91 Å². The SMILES string of the molecule is O=C(C1CCOC1)N1CCC(c2n[nH]c(=O)n2Cc2ccccc2)CC1. The lowest BCUT2D eigenvalue weighted by atomic mass is 9.94. The number of amides is 1. The fourth-order valence-corrected chi connectivity index (χ4v) is 3.91. The third-order valence-corrected chi connectivity index (χ3v) is 5.42. The number of benzene rings is 1. The maximum Gasteiger partial charge on any atom is 0.343 e. The second-order valence-electron chi connectivity index (χ2n) is 7.12. The molecule has 0 saturated carbocycles. The van der Waals surface area contributed by atoms with Crippen LogP contribution in [0.5, 0.6) is 0 Å². The molecule has 1 atom stereocenters. The molecular weight excluding hydrogens is 332 g/mol. The van der Waals surface area contributed by atoms with Crippen LogP contribution in [0.25, 0.3) is 0 Å². The molecule has 1 aromatic carbocycles. The molecule has 4 rings (SSSR count). The van der Waals surface area contributed by atoms with Crippen molar-refractivity contribution in [3.8, 4) is 0 Å². The molecule has 1 N–H and O–H groups in total. The van der Waals surface area contributed by atoms with Crippen LogP contribution >= 0.6 is 0 Å². The molecule has 2 fully saturated rings. The molecule has 2 aliphatic rings. The van der Waals surface area contributed by atoms with Gasteiger partial charge >= 0.3 is 5.69 Å². The summed E-state index contributed by atoms with van der Waals surface area (Å²) in [6.07, 6.45) is 2.49. The van der Waals surface area contributed by atoms with E-state index < -0.39 is 0 Å². The summed E-state index contributed by atoms with van der Waals surface area (Å²) in [6, 6.07) is 9.92. The van der Waals surface area contributed by atoms with Crippen LogP contribution in [-0.2, 0) is 16.1 Å². The molecule has 138 valence electrons. The molecule has 1 amide bonds. The fraction of sp³-hybridized carbons (Fsp3) is 0.526. The first-order chi connectivity index (χ1) is 12.7. The summed E-state index contributed by atoms with van der Waals surface area (Å²) in [7, 11) is 0. The molecule has 7 heteroatoms. The Morgan fingerprint density at radius 1 is 1.19 bits per heavy atom. The lowest BCUT2D eigenvalue weighted by molar-refractivity contribution is -0.136. The summed E-state index contributed by atoms with van der Waals surface area (Å²) < 4.78 is 7.06. The average molecular weight is 356 g/mol. The average Bonchev–Trinajstić information content (AvgIpc) is 3.33. The van der Waals surface area contributed by atoms with Crippen LogP contribution in [-0.4, -0.2) is 51.9 Å². The molecule has 3 heterocycles. The van der Waals surface area contributed by atoms with Crippen molar-refractivity contribution in [2.24, 2.45) is 5.92 Å². The molecule has 1 unspecified atom stereocenters. The maximum atomic E-state index is 12.5. The first-order valence-corrected chi connectivity index (χ1v) is 9.28. The topological polar surface area (TPSA) is 80.2 Å². The van der Waals surface area contributed by atoms with Gasteiger partial charge in [-0.2, -0.15) is 5.10 Å². The highest BCUT2D eigenvalue weighted by molar-refractivity contribution is 5.79. The summed E-state index contributed by atoms with van der Waals surface area (Å²) in [6.45, 7) is 3.18. The smallest absolute Gasteiger partial charge is 0.343 e. The summed E-state index contributed by atoms with van der Waals surface area (Å²) in [5, 5.41) is 6.88. The standard InChI is InChI=1S/C19H24N4O3/c24-18(16-8-11-26-13-16)22-9-6-15(7-10-22)17-20-21-19(25)23(17)12-14-4-2-1-3-5-14/h1-5,15-16H,6-13H2,(H,21,25). The van der Waals surface area contributed by atoms with Crippen molar-refractivity contribution >= 4 is 5.91 Å². The molecule has 0 bridgehead atoms. The second kappa shape index (κ2) is 7.45. The zero-order valence-corrected chi connectivity index (χ0v) is 14.8. The van der Waals surface area contributed by atoms with E-state index in [0.717, 1.165) is 30.7 Å². The number of carbonyl (C=O) groups is 1. The Bertz CT molecular complexity index is 800. The van der Waals surface area contributed by atoms with E-state index in [-0.39, 0.29) is 23.4 Å². The molecule has 0 aliphatic carbocycles. The minimum atomic E-state index is -0.175. The van der Waals surface area contributed by atoms with Crippen LogP contribution < -0.4 is 5.69 Å². The van der Waals surface area contributed by atoms with E-state index in [4.69, 9.17) is 4.74 Å². The molecule has 2 aliphatic heterocycles. The van der Waals surface area contributed by atoms with Crippen molar-refractivity contribution in [3.05, 3.63) is 52.2 Å². The number of ether oxygens (including phenoxy) is 1. The highest BCUT2D eigenvalue weighted by atomic mass is 16.5. The molecular formula is C19H24N4O3. The maximum absolute atomic E-state index is 12.5. The van der Waals surface area contributed by atoms with Gasteiger partial charge in [-0.1, -0.05) is 30.3 Å². The Morgan fingerprint density at radius 3 is 2.65 bits per heavy atom. The molecule has 7 nitrogen and oxygen atoms in total. The van der Waals surface area contributed by atoms with Crippen molar-refractivity contribution < 1.29 is 9.53 Å². The quantitative estimate of drug-likeness (QED) is 0.897. The van der Waals surface area contributed by atoms with Gasteiger partial charge in [-0.05, 0) is 24.8 Å². The Hall–Kier alpha value is -2.41. The van der Waals surface area contributed by atoms with Crippen LogP contribution in [0, 0.1) is 5.92 Å². The number of carbonyl (C=O) groups excluding carboxylic acids is 1. The number of aromatic nitrogens is 3. The number of likely N-dealkylation sites (tertiary alicyclic amines) is 1. The highest BCUT2D eigenvalue weighted by Gasteiger charge is 2.32. The third kappa shape index (κ3) is 3.44. The van der Waals surface area contributed by atoms with Crippen molar-refractivity contribution in [3.63, 3.8) is 0 Å². The summed E-state index contributed by atoms with van der Waals surface area (Å²) in [5.74, 6) is 1.23. The summed E-state index contributed by atoms with van der Waals surface area (Å²) in [4.78, 5) is 26.7. The van der Waals surface area contributed by atoms with Gasteiger partial charge < -0.3 is 9.64 Å². The van der Waals surface area contributed by atoms with Crippen LogP contribution in [0.4, 0.5) is 0 Å². The first kappa shape index (κ1) is 17.0. The van der Waals surface area contributed by atoms with Gasteiger partial charge in [-0.25, -0.2) is 9.89 Å². The van der Waals surface area contributed by atoms with Crippen LogP contribution in [0.1, 0.15) is 36.6 Å². The van der Waals surface area contributed by atoms with E-state index in [0.29, 0.717) is 32.8 Å². The second-order valence-corrected chi connectivity index (χ2v) is 7.12. The Labute approximate surface area is 152 Å². The van der Waals surface area contributed by atoms with Gasteiger partial charge in [0.15, 0.2) is 0 Å². The van der Waals surface area contributed by atoms with Gasteiger partial charge in [0, 0.05) is 25.6 Å². The number of hydrogen-bond donors (Lipinski definition) is 1. The number of rotatable bonds is 4. The van der Waals surface area contributed by atoms with E-state index in [1.807, 2.05) is 35.2 Å². The van der Waals surface area contributed by atoms with Crippen molar-refractivity contribution in [2.75, 3.05) is 26.3 Å². The number of nitrogens with one attached hydrogen (secondary N) is 1. The summed E-state index contributed by atoms with van der Waals surface area (Å²) in [5.41, 5.74) is 0.900. The number of nitrogens with zero attached hydrogens (tertiary/aromatic N) is 3. The van der Waals surface area contributed by atoms with Gasteiger partial charge in [0.05, 0.1) is 19.1 Å². The largest absolute Gasteiger partial charge is 0.381 e. The minimum Gasteiger partial charge on any atom is -0.381 e. The van der Waals surface area contributed by atoms with E-state index >= 15 is 0 Å². The molecule has 26 heavy (non-hydrogen) atoms. The number of hydrogen-bond acceptors (Lipinski definition) is 4. The van der Waals surface area contributed by atoms with E-state index in [2.05, 4.69) is 10.2 Å². The fourth-order valence-electron chi connectivity index (χ4n) is 3.91. The molecule has 0 radical (unpaired) electrons. The molecule has 1 aromatic heterocycles. The predicted octanol–water partition coefficient (Wildman–Crippen LogP) is 1.36. The van der Waals surface area contributed by atoms with Gasteiger partial charge in [0.1, 0.15) is 5.82 Å². The monoisotopic (exact) mass is 356 g/mol. The molecule has 2 aromatic rings. The zero-order valence-electron chi connectivity index (χ0n) is 14.8. The van der Waals surface area contributed by atoms with E-state index in [1.165, 1.54) is 0 Å². The van der Waals surface area contributed by atoms with E-state index in [1.54, 1.807) is 4.57 Å². The van der Waals surface area contributed by atoms with E-state index in [9.17, 15) is 9.59 Å². The number of H-pyrrole nitrogens is 1. The molecule has 0 spiro atoms. The first-order valence-electron chi connectivity index (χ1n) is 9.28. The predicted molar refractivity (Wildman–Crippen MR) is 95.9 cm³/mol. The van der Waals surface area contributed by atoms with Crippen LogP contribution in [0.15, 0.2) is 35.1 Å². The van der Waals surface area contributed by atoms with Crippen molar-refractivity contribution in [2.45, 2.75) is 31.7 Å². The Balaban J connectivity index is 1.43. The third-order valence-electron chi connectivity index (χ3n) is 5.42. The Morgan fingerprint density at radius 2 is 1.96 bits per heavy atom. The summed E-state index contributed by atoms with van der Waals surface area (Å²) >= 11 is 0. The lowest BCUT2D eigenvalue weighted by Gasteiger charge is -2.33. The number of aromatic amines is 1. The van der Waals surface area contributed by atoms with Gasteiger partial charge in [0.25, 0.3) is 0 Å². The van der Waals surface area contributed by atoms with Crippen LogP contribution in [0.3, 0.4) is 0 Å². The highest BCUT2D eigenvalue weighted by Crippen LogP contribution is 2.28. The lowest BCUT2D eigenvalue weighted by Crippen LogP contribution is -2.42.